The Hall–Kier alpha value is -3.11. The molecule has 0 aliphatic rings. The minimum Gasteiger partial charge on any atom is -0.461 e. The lowest BCUT2D eigenvalue weighted by molar-refractivity contribution is -0.113. The van der Waals surface area contributed by atoms with Crippen molar-refractivity contribution in [2.24, 2.45) is 0 Å². The first kappa shape index (κ1) is 24.6. The zero-order chi connectivity index (χ0) is 25.1. The van der Waals surface area contributed by atoms with Crippen molar-refractivity contribution in [2.45, 2.75) is 18.5 Å². The first-order chi connectivity index (χ1) is 17.5. The molecule has 0 spiro atoms. The van der Waals surface area contributed by atoms with Crippen LogP contribution < -0.4 is 5.32 Å². The summed E-state index contributed by atoms with van der Waals surface area (Å²) in [7, 11) is 0. The lowest BCUT2D eigenvalue weighted by Gasteiger charge is -2.10. The minimum absolute atomic E-state index is 0.136. The Bertz CT molecular complexity index is 1510. The smallest absolute Gasteiger partial charge is 0.236 e. The number of amides is 1. The molecule has 0 aliphatic heterocycles. The molecule has 0 radical (unpaired) electrons. The Labute approximate surface area is 225 Å². The summed E-state index contributed by atoms with van der Waals surface area (Å²) in [6, 6.07) is 17.0. The number of aryl methyl sites for hydroxylation is 1. The molecule has 0 unspecified atom stereocenters. The van der Waals surface area contributed by atoms with Crippen LogP contribution in [0.4, 0.5) is 5.13 Å². The second-order valence-corrected chi connectivity index (χ2v) is 10.7. The zero-order valence-electron chi connectivity index (χ0n) is 18.9. The SMILES string of the molecule is Cc1cccc(-n2c(SCC(=O)Nc3ncc(Cc4cc(Cl)ccc4Cl)s3)nnc2-c2ccco2)c1. The van der Waals surface area contributed by atoms with Crippen molar-refractivity contribution >= 4 is 57.3 Å². The van der Waals surface area contributed by atoms with Crippen LogP contribution in [0.5, 0.6) is 0 Å². The predicted molar refractivity (Wildman–Crippen MR) is 145 cm³/mol. The van der Waals surface area contributed by atoms with Gasteiger partial charge < -0.3 is 9.73 Å². The van der Waals surface area contributed by atoms with Crippen LogP contribution in [0.2, 0.25) is 10.0 Å². The standard InChI is InChI=1S/C25H19Cl2N5O2S2/c1-15-4-2-5-18(10-15)32-23(21-6-3-9-34-21)30-31-25(32)35-14-22(33)29-24-28-13-19(36-24)12-16-11-17(26)7-8-20(16)27/h2-11,13H,12,14H2,1H3,(H,28,29,33). The number of carbonyl (C=O) groups is 1. The van der Waals surface area contributed by atoms with Gasteiger partial charge in [-0.2, -0.15) is 0 Å². The molecule has 11 heteroatoms. The van der Waals surface area contributed by atoms with Gasteiger partial charge in [-0.05, 0) is 60.5 Å². The van der Waals surface area contributed by atoms with Crippen molar-refractivity contribution < 1.29 is 9.21 Å². The van der Waals surface area contributed by atoms with Gasteiger partial charge in [0.1, 0.15) is 0 Å². The fourth-order valence-corrected chi connectivity index (χ4v) is 5.51. The maximum atomic E-state index is 12.7. The van der Waals surface area contributed by atoms with E-state index in [1.807, 2.05) is 47.9 Å². The molecule has 1 N–H and O–H groups in total. The Morgan fingerprint density at radius 2 is 2.03 bits per heavy atom. The number of nitrogens with zero attached hydrogens (tertiary/aromatic N) is 4. The van der Waals surface area contributed by atoms with Crippen LogP contribution in [0.1, 0.15) is 16.0 Å². The van der Waals surface area contributed by atoms with Crippen LogP contribution >= 0.6 is 46.3 Å². The van der Waals surface area contributed by atoms with E-state index in [0.29, 0.717) is 38.3 Å². The number of thioether (sulfide) groups is 1. The molecule has 0 bridgehead atoms. The molecular weight excluding hydrogens is 537 g/mol. The third kappa shape index (κ3) is 5.65. The molecule has 7 nitrogen and oxygen atoms in total. The number of nitrogens with one attached hydrogen (secondary N) is 1. The van der Waals surface area contributed by atoms with E-state index in [1.165, 1.54) is 23.1 Å². The van der Waals surface area contributed by atoms with Gasteiger partial charge in [0.25, 0.3) is 0 Å². The van der Waals surface area contributed by atoms with E-state index in [1.54, 1.807) is 30.7 Å². The van der Waals surface area contributed by atoms with Crippen LogP contribution in [0.15, 0.2) is 76.6 Å². The molecule has 182 valence electrons. The van der Waals surface area contributed by atoms with Crippen LogP contribution in [0.3, 0.4) is 0 Å². The summed E-state index contributed by atoms with van der Waals surface area (Å²) in [6.07, 6.45) is 3.90. The fourth-order valence-electron chi connectivity index (χ4n) is 3.53. The van der Waals surface area contributed by atoms with Crippen LogP contribution in [0.25, 0.3) is 17.3 Å². The zero-order valence-corrected chi connectivity index (χ0v) is 22.1. The van der Waals surface area contributed by atoms with Gasteiger partial charge in [-0.3, -0.25) is 9.36 Å². The van der Waals surface area contributed by atoms with Crippen molar-refractivity contribution in [1.29, 1.82) is 0 Å². The summed E-state index contributed by atoms with van der Waals surface area (Å²) in [5, 5.41) is 13.9. The number of anilines is 1. The lowest BCUT2D eigenvalue weighted by Crippen LogP contribution is -2.14. The van der Waals surface area contributed by atoms with Crippen molar-refractivity contribution in [3.05, 3.63) is 93.1 Å². The second kappa shape index (κ2) is 10.9. The van der Waals surface area contributed by atoms with Gasteiger partial charge in [0.2, 0.25) is 11.7 Å². The third-order valence-electron chi connectivity index (χ3n) is 5.14. The van der Waals surface area contributed by atoms with Gasteiger partial charge in [0.05, 0.1) is 17.7 Å². The molecule has 5 aromatic rings. The highest BCUT2D eigenvalue weighted by atomic mass is 35.5. The summed E-state index contributed by atoms with van der Waals surface area (Å²) in [5.74, 6) is 1.10. The van der Waals surface area contributed by atoms with Crippen molar-refractivity contribution in [3.63, 3.8) is 0 Å². The molecule has 36 heavy (non-hydrogen) atoms. The molecule has 0 atom stereocenters. The van der Waals surface area contributed by atoms with Gasteiger partial charge in [-0.1, -0.05) is 47.1 Å². The van der Waals surface area contributed by atoms with Gasteiger partial charge in [-0.15, -0.1) is 21.5 Å². The van der Waals surface area contributed by atoms with E-state index in [-0.39, 0.29) is 11.7 Å². The lowest BCUT2D eigenvalue weighted by atomic mass is 10.1. The number of thiazole rings is 1. The first-order valence-electron chi connectivity index (χ1n) is 10.8. The number of benzene rings is 2. The normalized spacial score (nSPS) is 11.1. The maximum Gasteiger partial charge on any atom is 0.236 e. The quantitative estimate of drug-likeness (QED) is 0.209. The Kier molecular flexibility index (Phi) is 7.43. The monoisotopic (exact) mass is 555 g/mol. The highest BCUT2D eigenvalue weighted by Crippen LogP contribution is 2.30. The Balaban J connectivity index is 1.28. The molecule has 0 aliphatic carbocycles. The number of hydrogen-bond acceptors (Lipinski definition) is 7. The molecule has 0 saturated heterocycles. The molecular formula is C25H19Cl2N5O2S2. The summed E-state index contributed by atoms with van der Waals surface area (Å²) >= 11 is 15.0. The number of hydrogen-bond donors (Lipinski definition) is 1. The van der Waals surface area contributed by atoms with Crippen molar-refractivity contribution in [3.8, 4) is 17.3 Å². The number of rotatable bonds is 8. The molecule has 2 aromatic carbocycles. The maximum absolute atomic E-state index is 12.7. The molecule has 3 aromatic heterocycles. The van der Waals surface area contributed by atoms with Crippen molar-refractivity contribution in [2.75, 3.05) is 11.1 Å². The van der Waals surface area contributed by atoms with Crippen LogP contribution in [-0.2, 0) is 11.2 Å². The Morgan fingerprint density at radius 3 is 2.83 bits per heavy atom. The molecule has 5 rings (SSSR count). The molecule has 3 heterocycles. The number of furan rings is 1. The fraction of sp³-hybridized carbons (Fsp3) is 0.120. The van der Waals surface area contributed by atoms with E-state index >= 15 is 0 Å². The average molecular weight is 557 g/mol. The minimum atomic E-state index is -0.194. The largest absolute Gasteiger partial charge is 0.461 e. The van der Waals surface area contributed by atoms with E-state index in [9.17, 15) is 4.79 Å². The Morgan fingerprint density at radius 1 is 1.14 bits per heavy atom. The van der Waals surface area contributed by atoms with Gasteiger partial charge in [0, 0.05) is 27.5 Å². The highest BCUT2D eigenvalue weighted by Gasteiger charge is 2.19. The summed E-state index contributed by atoms with van der Waals surface area (Å²) in [5.41, 5.74) is 2.89. The predicted octanol–water partition coefficient (Wildman–Crippen LogP) is 6.92. The van der Waals surface area contributed by atoms with Gasteiger partial charge in [-0.25, -0.2) is 4.98 Å². The van der Waals surface area contributed by atoms with Crippen molar-refractivity contribution in [1.82, 2.24) is 19.7 Å². The number of halogens is 2. The topological polar surface area (TPSA) is 85.8 Å². The van der Waals surface area contributed by atoms with E-state index < -0.39 is 0 Å². The van der Waals surface area contributed by atoms with Crippen LogP contribution in [-0.4, -0.2) is 31.4 Å². The molecule has 1 amide bonds. The molecule has 0 saturated carbocycles. The average Bonchev–Trinajstić information content (AvgIpc) is 3.61. The van der Waals surface area contributed by atoms with Crippen LogP contribution in [0, 0.1) is 6.92 Å². The van der Waals surface area contributed by atoms with E-state index in [0.717, 1.165) is 21.7 Å². The number of carbonyl (C=O) groups excluding carboxylic acids is 1. The summed E-state index contributed by atoms with van der Waals surface area (Å²) < 4.78 is 7.44. The number of aromatic nitrogens is 4. The van der Waals surface area contributed by atoms with Gasteiger partial charge >= 0.3 is 0 Å². The van der Waals surface area contributed by atoms with E-state index in [2.05, 4.69) is 20.5 Å². The highest BCUT2D eigenvalue weighted by molar-refractivity contribution is 7.99. The summed E-state index contributed by atoms with van der Waals surface area (Å²) in [6.45, 7) is 2.02. The first-order valence-corrected chi connectivity index (χ1v) is 13.4. The summed E-state index contributed by atoms with van der Waals surface area (Å²) in [4.78, 5) is 18.0. The van der Waals surface area contributed by atoms with E-state index in [4.69, 9.17) is 27.6 Å². The van der Waals surface area contributed by atoms with Gasteiger partial charge in [0.15, 0.2) is 16.0 Å². The molecule has 0 fully saturated rings. The second-order valence-electron chi connectivity index (χ2n) is 7.84. The third-order valence-corrected chi connectivity index (χ3v) is 7.59.